The first-order valence-electron chi connectivity index (χ1n) is 2.61. The maximum Gasteiger partial charge on any atom is 0.203 e. The quantitative estimate of drug-likeness (QED) is 0.575. The first-order chi connectivity index (χ1) is 4.52. The van der Waals surface area contributed by atoms with Crippen LogP contribution in [0.15, 0.2) is 23.3 Å². The molecule has 0 aromatic rings. The molecule has 2 unspecified atom stereocenters. The average Bonchev–Trinajstić information content (AvgIpc) is 1.81. The maximum atomic E-state index is 13.0. The summed E-state index contributed by atoms with van der Waals surface area (Å²) in [5, 5.41) is -0.266. The molecule has 1 rings (SSSR count). The standard InChI is InChI=1S/C6H4BrCl2F/c7-6(10)2-1-4(8)3-5(6)9/h1-3,5H. The van der Waals surface area contributed by atoms with Crippen LogP contribution in [0, 0.1) is 0 Å². The topological polar surface area (TPSA) is 0 Å². The van der Waals surface area contributed by atoms with Crippen LogP contribution in [0.3, 0.4) is 0 Å². The predicted molar refractivity (Wildman–Crippen MR) is 45.5 cm³/mol. The Hall–Kier alpha value is 0.470. The van der Waals surface area contributed by atoms with Gasteiger partial charge in [-0.3, -0.25) is 0 Å². The van der Waals surface area contributed by atoms with Crippen molar-refractivity contribution in [1.82, 2.24) is 0 Å². The van der Waals surface area contributed by atoms with Crippen LogP contribution < -0.4 is 0 Å². The van der Waals surface area contributed by atoms with E-state index in [1.54, 1.807) is 0 Å². The number of hydrogen-bond acceptors (Lipinski definition) is 0. The van der Waals surface area contributed by atoms with Crippen molar-refractivity contribution >= 4 is 39.1 Å². The summed E-state index contributed by atoms with van der Waals surface area (Å²) in [6.45, 7) is 0. The molecule has 0 aromatic heterocycles. The molecule has 0 aliphatic heterocycles. The highest BCUT2D eigenvalue weighted by atomic mass is 79.9. The van der Waals surface area contributed by atoms with E-state index in [1.807, 2.05) is 0 Å². The SMILES string of the molecule is FC1(Br)C=CC(Cl)=CC1Cl. The van der Waals surface area contributed by atoms with Crippen LogP contribution >= 0.6 is 39.1 Å². The summed E-state index contributed by atoms with van der Waals surface area (Å²) in [4.78, 5) is 0. The molecule has 0 saturated carbocycles. The van der Waals surface area contributed by atoms with Gasteiger partial charge in [-0.1, -0.05) is 11.6 Å². The minimum atomic E-state index is -1.65. The molecule has 0 heterocycles. The highest BCUT2D eigenvalue weighted by molar-refractivity contribution is 9.10. The minimum Gasteiger partial charge on any atom is -0.225 e. The molecule has 56 valence electrons. The second-order valence-electron chi connectivity index (χ2n) is 1.96. The predicted octanol–water partition coefficient (Wildman–Crippen LogP) is 3.35. The van der Waals surface area contributed by atoms with Gasteiger partial charge >= 0.3 is 0 Å². The molecule has 0 amide bonds. The van der Waals surface area contributed by atoms with E-state index < -0.39 is 9.96 Å². The van der Waals surface area contributed by atoms with Gasteiger partial charge in [0.2, 0.25) is 4.58 Å². The lowest BCUT2D eigenvalue weighted by molar-refractivity contribution is 0.371. The Morgan fingerprint density at radius 3 is 2.70 bits per heavy atom. The van der Waals surface area contributed by atoms with E-state index in [0.717, 1.165) is 0 Å². The summed E-state index contributed by atoms with van der Waals surface area (Å²) in [7, 11) is 0. The second kappa shape index (κ2) is 2.84. The molecule has 10 heavy (non-hydrogen) atoms. The van der Waals surface area contributed by atoms with Crippen LogP contribution in [-0.4, -0.2) is 9.96 Å². The zero-order chi connectivity index (χ0) is 7.78. The van der Waals surface area contributed by atoms with Gasteiger partial charge in [-0.25, -0.2) is 4.39 Å². The van der Waals surface area contributed by atoms with E-state index in [2.05, 4.69) is 15.9 Å². The molecule has 4 heteroatoms. The van der Waals surface area contributed by atoms with Crippen LogP contribution in [0.4, 0.5) is 4.39 Å². The molecule has 0 nitrogen and oxygen atoms in total. The molecule has 0 aromatic carbocycles. The molecule has 0 radical (unpaired) electrons. The number of alkyl halides is 3. The van der Waals surface area contributed by atoms with E-state index in [0.29, 0.717) is 5.03 Å². The van der Waals surface area contributed by atoms with Gasteiger partial charge in [0, 0.05) is 5.03 Å². The Morgan fingerprint density at radius 2 is 2.30 bits per heavy atom. The van der Waals surface area contributed by atoms with Gasteiger partial charge < -0.3 is 0 Å². The lowest BCUT2D eigenvalue weighted by Gasteiger charge is -2.20. The lowest BCUT2D eigenvalue weighted by Crippen LogP contribution is -2.24. The van der Waals surface area contributed by atoms with Gasteiger partial charge in [0.05, 0.1) is 0 Å². The summed E-state index contributed by atoms with van der Waals surface area (Å²) < 4.78 is 11.4. The van der Waals surface area contributed by atoms with Crippen molar-refractivity contribution in [2.24, 2.45) is 0 Å². The molecule has 1 aliphatic carbocycles. The summed E-state index contributed by atoms with van der Waals surface area (Å²) in [6.07, 6.45) is 4.19. The van der Waals surface area contributed by atoms with Gasteiger partial charge in [0.25, 0.3) is 0 Å². The fourth-order valence-corrected chi connectivity index (χ4v) is 1.32. The van der Waals surface area contributed by atoms with Crippen molar-refractivity contribution in [2.75, 3.05) is 0 Å². The van der Waals surface area contributed by atoms with E-state index in [4.69, 9.17) is 23.2 Å². The van der Waals surface area contributed by atoms with Gasteiger partial charge in [0.15, 0.2) is 0 Å². The van der Waals surface area contributed by atoms with Crippen LogP contribution in [0.2, 0.25) is 0 Å². The Balaban J connectivity index is 2.84. The Labute approximate surface area is 76.8 Å². The lowest BCUT2D eigenvalue weighted by atomic mass is 10.1. The van der Waals surface area contributed by atoms with Gasteiger partial charge in [-0.05, 0) is 34.2 Å². The third-order valence-corrected chi connectivity index (χ3v) is 2.85. The molecule has 0 fully saturated rings. The fraction of sp³-hybridized carbons (Fsp3) is 0.333. The number of allylic oxidation sites excluding steroid dienone is 4. The van der Waals surface area contributed by atoms with Crippen molar-refractivity contribution < 1.29 is 4.39 Å². The number of rotatable bonds is 0. The first kappa shape index (κ1) is 8.57. The summed E-state index contributed by atoms with van der Waals surface area (Å²) in [5.74, 6) is 0. The van der Waals surface area contributed by atoms with Crippen LogP contribution in [0.5, 0.6) is 0 Å². The average molecular weight is 246 g/mol. The highest BCUT2D eigenvalue weighted by Gasteiger charge is 2.32. The van der Waals surface area contributed by atoms with E-state index in [9.17, 15) is 4.39 Å². The third kappa shape index (κ3) is 1.74. The molecule has 1 aliphatic rings. The Kier molecular flexibility index (Phi) is 2.43. The maximum absolute atomic E-state index is 13.0. The Morgan fingerprint density at radius 1 is 1.70 bits per heavy atom. The van der Waals surface area contributed by atoms with Gasteiger partial charge in [-0.15, -0.1) is 11.6 Å². The molecular weight excluding hydrogens is 242 g/mol. The first-order valence-corrected chi connectivity index (χ1v) is 4.21. The zero-order valence-corrected chi connectivity index (χ0v) is 7.92. The Bertz CT molecular complexity index is 198. The van der Waals surface area contributed by atoms with Crippen molar-refractivity contribution in [3.63, 3.8) is 0 Å². The monoisotopic (exact) mass is 244 g/mol. The fourth-order valence-electron chi connectivity index (χ4n) is 0.589. The largest absolute Gasteiger partial charge is 0.225 e. The molecule has 0 N–H and O–H groups in total. The highest BCUT2D eigenvalue weighted by Crippen LogP contribution is 2.35. The molecule has 2 atom stereocenters. The van der Waals surface area contributed by atoms with Crippen molar-refractivity contribution in [2.45, 2.75) is 9.96 Å². The van der Waals surface area contributed by atoms with Gasteiger partial charge in [0.1, 0.15) is 5.38 Å². The van der Waals surface area contributed by atoms with E-state index >= 15 is 0 Å². The van der Waals surface area contributed by atoms with Gasteiger partial charge in [-0.2, -0.15) is 0 Å². The number of hydrogen-bond donors (Lipinski definition) is 0. The summed E-state index contributed by atoms with van der Waals surface area (Å²) in [6, 6.07) is 0. The van der Waals surface area contributed by atoms with E-state index in [-0.39, 0.29) is 0 Å². The zero-order valence-electron chi connectivity index (χ0n) is 4.82. The van der Waals surface area contributed by atoms with Crippen molar-refractivity contribution in [1.29, 1.82) is 0 Å². The smallest absolute Gasteiger partial charge is 0.203 e. The molecule has 0 spiro atoms. The molecule has 0 bridgehead atoms. The van der Waals surface area contributed by atoms with Crippen LogP contribution in [-0.2, 0) is 0 Å². The van der Waals surface area contributed by atoms with E-state index in [1.165, 1.54) is 18.2 Å². The molecule has 0 saturated heterocycles. The van der Waals surface area contributed by atoms with Crippen molar-refractivity contribution in [3.05, 3.63) is 23.3 Å². The van der Waals surface area contributed by atoms with Crippen LogP contribution in [0.1, 0.15) is 0 Å². The normalized spacial score (nSPS) is 39.6. The molecular formula is C6H4BrCl2F. The summed E-state index contributed by atoms with van der Waals surface area (Å²) >= 11 is 13.9. The minimum absolute atomic E-state index is 0.465. The van der Waals surface area contributed by atoms with Crippen molar-refractivity contribution in [3.8, 4) is 0 Å². The second-order valence-corrected chi connectivity index (χ2v) is 4.08. The third-order valence-electron chi connectivity index (χ3n) is 1.14. The van der Waals surface area contributed by atoms with Crippen LogP contribution in [0.25, 0.3) is 0 Å². The summed E-state index contributed by atoms with van der Waals surface area (Å²) in [5.41, 5.74) is 0. The number of halogens is 4.